The van der Waals surface area contributed by atoms with Crippen molar-refractivity contribution in [1.82, 2.24) is 10.2 Å². The minimum atomic E-state index is -1.02. The van der Waals surface area contributed by atoms with Crippen LogP contribution < -0.4 is 10.6 Å². The molecule has 2 N–H and O–H groups in total. The molecule has 0 saturated carbocycles. The summed E-state index contributed by atoms with van der Waals surface area (Å²) in [6.45, 7) is 0.578. The van der Waals surface area contributed by atoms with Crippen molar-refractivity contribution in [3.8, 4) is 0 Å². The number of halogens is 3. The van der Waals surface area contributed by atoms with Gasteiger partial charge in [-0.25, -0.2) is 8.78 Å². The lowest BCUT2D eigenvalue weighted by Crippen LogP contribution is -2.14. The van der Waals surface area contributed by atoms with Crippen molar-refractivity contribution < 1.29 is 13.6 Å². The lowest BCUT2D eigenvalue weighted by Gasteiger charge is -2.07. The molecular weight excluding hydrogens is 406 g/mol. The Hall–Kier alpha value is -2.71. The first-order valence-corrected chi connectivity index (χ1v) is 9.56. The van der Waals surface area contributed by atoms with E-state index in [1.54, 1.807) is 12.1 Å². The summed E-state index contributed by atoms with van der Waals surface area (Å²) in [6.07, 6.45) is 0. The molecule has 3 aromatic rings. The third kappa shape index (κ3) is 5.90. The quantitative estimate of drug-likeness (QED) is 0.540. The Bertz CT molecular complexity index is 955. The predicted octanol–water partition coefficient (Wildman–Crippen LogP) is 4.75. The van der Waals surface area contributed by atoms with E-state index in [2.05, 4.69) is 20.8 Å². The number of benzene rings is 2. The van der Waals surface area contributed by atoms with Crippen LogP contribution in [0.4, 0.5) is 20.3 Å². The lowest BCUT2D eigenvalue weighted by molar-refractivity contribution is -0.113. The van der Waals surface area contributed by atoms with Crippen LogP contribution in [0.3, 0.4) is 0 Å². The van der Waals surface area contributed by atoms with Crippen LogP contribution in [0, 0.1) is 11.6 Å². The van der Waals surface area contributed by atoms with Gasteiger partial charge in [0, 0.05) is 23.3 Å². The van der Waals surface area contributed by atoms with Crippen molar-refractivity contribution in [1.29, 1.82) is 0 Å². The number of aromatic nitrogens is 2. The molecule has 0 saturated heterocycles. The average Bonchev–Trinajstić information content (AvgIpc) is 2.69. The van der Waals surface area contributed by atoms with E-state index in [9.17, 15) is 13.6 Å². The van der Waals surface area contributed by atoms with Gasteiger partial charge in [0.2, 0.25) is 5.91 Å². The van der Waals surface area contributed by atoms with Crippen LogP contribution in [0.2, 0.25) is 5.02 Å². The maximum atomic E-state index is 13.1. The molecule has 144 valence electrons. The van der Waals surface area contributed by atoms with Crippen molar-refractivity contribution in [2.75, 3.05) is 16.4 Å². The molecule has 0 aliphatic heterocycles. The van der Waals surface area contributed by atoms with Gasteiger partial charge < -0.3 is 10.6 Å². The molecular formula is C19H15ClF2N4OS. The van der Waals surface area contributed by atoms with Crippen molar-refractivity contribution in [2.24, 2.45) is 0 Å². The van der Waals surface area contributed by atoms with Crippen LogP contribution in [0.25, 0.3) is 0 Å². The van der Waals surface area contributed by atoms with Gasteiger partial charge in [0.05, 0.1) is 5.75 Å². The van der Waals surface area contributed by atoms with E-state index in [4.69, 9.17) is 11.6 Å². The molecule has 1 aromatic heterocycles. The molecule has 0 unspecified atom stereocenters. The molecule has 0 atom stereocenters. The minimum absolute atomic E-state index is 0.0607. The van der Waals surface area contributed by atoms with Gasteiger partial charge in [-0.3, -0.25) is 4.79 Å². The van der Waals surface area contributed by atoms with Crippen LogP contribution in [-0.2, 0) is 11.3 Å². The Kier molecular flexibility index (Phi) is 6.78. The summed E-state index contributed by atoms with van der Waals surface area (Å²) in [4.78, 5) is 11.9. The lowest BCUT2D eigenvalue weighted by atomic mass is 10.2. The van der Waals surface area contributed by atoms with Crippen molar-refractivity contribution >= 4 is 40.8 Å². The number of hydrogen-bond donors (Lipinski definition) is 2. The summed E-state index contributed by atoms with van der Waals surface area (Å²) >= 11 is 7.04. The molecule has 0 fully saturated rings. The number of nitrogens with one attached hydrogen (secondary N) is 2. The van der Waals surface area contributed by atoms with Gasteiger partial charge >= 0.3 is 0 Å². The first-order valence-electron chi connectivity index (χ1n) is 8.19. The fraction of sp³-hybridized carbons (Fsp3) is 0.105. The number of hydrogen-bond acceptors (Lipinski definition) is 5. The van der Waals surface area contributed by atoms with E-state index in [0.29, 0.717) is 22.4 Å². The van der Waals surface area contributed by atoms with E-state index in [1.807, 2.05) is 24.3 Å². The zero-order chi connectivity index (χ0) is 19.9. The van der Waals surface area contributed by atoms with E-state index >= 15 is 0 Å². The van der Waals surface area contributed by atoms with E-state index in [1.165, 1.54) is 17.8 Å². The summed E-state index contributed by atoms with van der Waals surface area (Å²) in [6, 6.07) is 14.1. The van der Waals surface area contributed by atoms with Gasteiger partial charge in [0.1, 0.15) is 10.8 Å². The number of nitrogens with zero attached hydrogens (tertiary/aromatic N) is 2. The molecule has 0 aliphatic carbocycles. The fourth-order valence-corrected chi connectivity index (χ4v) is 2.94. The van der Waals surface area contributed by atoms with Gasteiger partial charge in [-0.1, -0.05) is 35.5 Å². The maximum Gasteiger partial charge on any atom is 0.234 e. The number of carbonyl (C=O) groups excluding carboxylic acids is 1. The van der Waals surface area contributed by atoms with Gasteiger partial charge in [-0.2, -0.15) is 0 Å². The standard InChI is InChI=1S/C19H15ClF2N4OS/c20-13-3-1-12(2-4-13)10-23-17-7-8-19(26-25-17)28-11-18(27)24-14-5-6-15(21)16(22)9-14/h1-9H,10-11H2,(H,23,25)(H,24,27). The molecule has 0 bridgehead atoms. The highest BCUT2D eigenvalue weighted by Gasteiger charge is 2.08. The van der Waals surface area contributed by atoms with Gasteiger partial charge in [0.25, 0.3) is 0 Å². The number of thioether (sulfide) groups is 1. The van der Waals surface area contributed by atoms with Gasteiger partial charge in [0.15, 0.2) is 11.6 Å². The smallest absolute Gasteiger partial charge is 0.234 e. The molecule has 2 aromatic carbocycles. The summed E-state index contributed by atoms with van der Waals surface area (Å²) in [5.74, 6) is -1.68. The SMILES string of the molecule is O=C(CSc1ccc(NCc2ccc(Cl)cc2)nn1)Nc1ccc(F)c(F)c1. The van der Waals surface area contributed by atoms with Crippen LogP contribution in [-0.4, -0.2) is 21.9 Å². The molecule has 0 radical (unpaired) electrons. The molecule has 1 amide bonds. The number of carbonyl (C=O) groups is 1. The summed E-state index contributed by atoms with van der Waals surface area (Å²) < 4.78 is 26.0. The van der Waals surface area contributed by atoms with Gasteiger partial charge in [-0.15, -0.1) is 10.2 Å². The van der Waals surface area contributed by atoms with E-state index in [-0.39, 0.29) is 17.3 Å². The average molecular weight is 421 g/mol. The van der Waals surface area contributed by atoms with Crippen LogP contribution in [0.1, 0.15) is 5.56 Å². The predicted molar refractivity (Wildman–Crippen MR) is 107 cm³/mol. The second kappa shape index (κ2) is 9.48. The second-order valence-corrected chi connectivity index (χ2v) is 7.13. The molecule has 28 heavy (non-hydrogen) atoms. The Morgan fingerprint density at radius 2 is 1.79 bits per heavy atom. The fourth-order valence-electron chi connectivity index (χ4n) is 2.20. The van der Waals surface area contributed by atoms with Crippen molar-refractivity contribution in [2.45, 2.75) is 11.6 Å². The Morgan fingerprint density at radius 3 is 2.46 bits per heavy atom. The minimum Gasteiger partial charge on any atom is -0.365 e. The third-order valence-electron chi connectivity index (χ3n) is 3.58. The number of anilines is 2. The molecule has 3 rings (SSSR count). The first-order chi connectivity index (χ1) is 13.5. The first kappa shape index (κ1) is 20.0. The monoisotopic (exact) mass is 420 g/mol. The highest BCUT2D eigenvalue weighted by molar-refractivity contribution is 7.99. The highest BCUT2D eigenvalue weighted by atomic mass is 35.5. The highest BCUT2D eigenvalue weighted by Crippen LogP contribution is 2.18. The normalized spacial score (nSPS) is 10.5. The van der Waals surface area contributed by atoms with Crippen LogP contribution >= 0.6 is 23.4 Å². The van der Waals surface area contributed by atoms with Crippen molar-refractivity contribution in [3.63, 3.8) is 0 Å². The summed E-state index contributed by atoms with van der Waals surface area (Å²) in [5.41, 5.74) is 1.25. The molecule has 1 heterocycles. The molecule has 9 heteroatoms. The number of amides is 1. The maximum absolute atomic E-state index is 13.1. The van der Waals surface area contributed by atoms with Crippen molar-refractivity contribution in [3.05, 3.63) is 76.8 Å². The van der Waals surface area contributed by atoms with Crippen LogP contribution in [0.15, 0.2) is 59.6 Å². The van der Waals surface area contributed by atoms with Crippen LogP contribution in [0.5, 0.6) is 0 Å². The second-order valence-electron chi connectivity index (χ2n) is 5.70. The summed E-state index contributed by atoms with van der Waals surface area (Å²) in [7, 11) is 0. The number of rotatable bonds is 7. The Balaban J connectivity index is 1.46. The van der Waals surface area contributed by atoms with Gasteiger partial charge in [-0.05, 0) is 42.0 Å². The zero-order valence-electron chi connectivity index (χ0n) is 14.5. The largest absolute Gasteiger partial charge is 0.365 e. The van der Waals surface area contributed by atoms with E-state index < -0.39 is 11.6 Å². The topological polar surface area (TPSA) is 66.9 Å². The molecule has 5 nitrogen and oxygen atoms in total. The third-order valence-corrected chi connectivity index (χ3v) is 4.75. The van der Waals surface area contributed by atoms with E-state index in [0.717, 1.165) is 17.7 Å². The Labute approximate surface area is 169 Å². The zero-order valence-corrected chi connectivity index (χ0v) is 16.0. The summed E-state index contributed by atoms with van der Waals surface area (Å²) in [5, 5.41) is 15.0. The molecule has 0 aliphatic rings. The Morgan fingerprint density at radius 1 is 1.00 bits per heavy atom. The molecule has 0 spiro atoms.